The quantitative estimate of drug-likeness (QED) is 0.877. The number of aliphatic hydroxyl groups excluding tert-OH is 1. The molecule has 0 saturated heterocycles. The molecule has 0 aliphatic carbocycles. The lowest BCUT2D eigenvalue weighted by Crippen LogP contribution is -2.38. The normalized spacial score (nSPS) is 13.8. The number of hydrogen-bond acceptors (Lipinski definition) is 3. The molecule has 0 bridgehead atoms. The van der Waals surface area contributed by atoms with Gasteiger partial charge in [0.15, 0.2) is 5.82 Å². The van der Waals surface area contributed by atoms with Crippen molar-refractivity contribution in [2.75, 3.05) is 6.54 Å². The lowest BCUT2D eigenvalue weighted by molar-refractivity contribution is 0.267. The van der Waals surface area contributed by atoms with Gasteiger partial charge in [-0.1, -0.05) is 13.8 Å². The van der Waals surface area contributed by atoms with Crippen molar-refractivity contribution in [3.05, 3.63) is 29.3 Å². The Morgan fingerprint density at radius 1 is 1.30 bits per heavy atom. The maximum atomic E-state index is 14.1. The summed E-state index contributed by atoms with van der Waals surface area (Å²) in [5.74, 6) is -2.19. The van der Waals surface area contributed by atoms with Gasteiger partial charge in [0, 0.05) is 12.6 Å². The van der Waals surface area contributed by atoms with E-state index in [1.807, 2.05) is 6.92 Å². The molecule has 1 unspecified atom stereocenters. The summed E-state index contributed by atoms with van der Waals surface area (Å²) in [5.41, 5.74) is -0.633. The van der Waals surface area contributed by atoms with Crippen LogP contribution in [0, 0.1) is 11.6 Å². The average molecular weight is 307 g/mol. The Labute approximate surface area is 118 Å². The first-order chi connectivity index (χ1) is 9.31. The van der Waals surface area contributed by atoms with Crippen LogP contribution in [0.1, 0.15) is 32.8 Å². The first kappa shape index (κ1) is 17.0. The smallest absolute Gasteiger partial charge is 0.246 e. The van der Waals surface area contributed by atoms with Crippen molar-refractivity contribution in [2.24, 2.45) is 0 Å². The van der Waals surface area contributed by atoms with Gasteiger partial charge in [-0.05, 0) is 25.5 Å². The summed E-state index contributed by atoms with van der Waals surface area (Å²) >= 11 is 0. The fourth-order valence-corrected chi connectivity index (χ4v) is 3.77. The van der Waals surface area contributed by atoms with Crippen molar-refractivity contribution in [3.63, 3.8) is 0 Å². The maximum Gasteiger partial charge on any atom is 0.246 e. The second kappa shape index (κ2) is 6.60. The molecule has 0 heterocycles. The number of hydrogen-bond donors (Lipinski definition) is 1. The first-order valence-corrected chi connectivity index (χ1v) is 7.84. The molecule has 114 valence electrons. The van der Waals surface area contributed by atoms with Crippen molar-refractivity contribution in [2.45, 2.75) is 44.7 Å². The summed E-state index contributed by atoms with van der Waals surface area (Å²) in [4.78, 5) is -0.606. The van der Waals surface area contributed by atoms with Crippen LogP contribution in [-0.4, -0.2) is 30.4 Å². The lowest BCUT2D eigenvalue weighted by Gasteiger charge is -2.26. The molecule has 0 aliphatic heterocycles. The minimum Gasteiger partial charge on any atom is -0.391 e. The van der Waals surface area contributed by atoms with Gasteiger partial charge in [-0.3, -0.25) is 0 Å². The fraction of sp³-hybridized carbons (Fsp3) is 0.538. The summed E-state index contributed by atoms with van der Waals surface area (Å²) < 4.78 is 53.5. The second-order valence-electron chi connectivity index (χ2n) is 4.46. The predicted octanol–water partition coefficient (Wildman–Crippen LogP) is 2.27. The molecule has 0 fully saturated rings. The zero-order valence-electron chi connectivity index (χ0n) is 11.7. The third-order valence-electron chi connectivity index (χ3n) is 3.29. The van der Waals surface area contributed by atoms with E-state index in [4.69, 9.17) is 5.11 Å². The minimum absolute atomic E-state index is 0.183. The molecule has 0 aliphatic rings. The largest absolute Gasteiger partial charge is 0.391 e. The van der Waals surface area contributed by atoms with Gasteiger partial charge in [0.05, 0.1) is 12.2 Å². The van der Waals surface area contributed by atoms with E-state index in [9.17, 15) is 17.2 Å². The topological polar surface area (TPSA) is 57.6 Å². The Balaban J connectivity index is 3.43. The molecule has 1 rings (SSSR count). The van der Waals surface area contributed by atoms with Crippen LogP contribution in [0.15, 0.2) is 17.0 Å². The Kier molecular flexibility index (Phi) is 5.61. The van der Waals surface area contributed by atoms with Crippen LogP contribution in [0.2, 0.25) is 0 Å². The van der Waals surface area contributed by atoms with Crippen LogP contribution in [0.3, 0.4) is 0 Å². The molecule has 0 amide bonds. The highest BCUT2D eigenvalue weighted by molar-refractivity contribution is 7.89. The number of benzene rings is 1. The Hall–Kier alpha value is -1.05. The highest BCUT2D eigenvalue weighted by Gasteiger charge is 2.31. The van der Waals surface area contributed by atoms with E-state index in [2.05, 4.69) is 0 Å². The highest BCUT2D eigenvalue weighted by atomic mass is 32.2. The van der Waals surface area contributed by atoms with Crippen molar-refractivity contribution in [1.29, 1.82) is 0 Å². The summed E-state index contributed by atoms with van der Waals surface area (Å²) in [5, 5.41) is 8.95. The maximum absolute atomic E-state index is 14.1. The minimum atomic E-state index is -4.06. The molecule has 0 saturated carbocycles. The number of rotatable bonds is 6. The van der Waals surface area contributed by atoms with Crippen molar-refractivity contribution in [3.8, 4) is 0 Å². The van der Waals surface area contributed by atoms with Crippen LogP contribution < -0.4 is 0 Å². The summed E-state index contributed by atoms with van der Waals surface area (Å²) in [7, 11) is -4.06. The number of nitrogens with zero attached hydrogens (tertiary/aromatic N) is 1. The standard InChI is InChI=1S/C13H19F2NO3S/c1-4-9(3)16(5-2)20(18,19)12-7-6-11(14)10(8-17)13(12)15/h6-7,9,17H,4-5,8H2,1-3H3. The molecule has 0 radical (unpaired) electrons. The van der Waals surface area contributed by atoms with E-state index in [0.29, 0.717) is 6.42 Å². The summed E-state index contributed by atoms with van der Waals surface area (Å²) in [6.45, 7) is 4.48. The zero-order valence-corrected chi connectivity index (χ0v) is 12.5. The molecule has 7 heteroatoms. The van der Waals surface area contributed by atoms with Crippen LogP contribution in [-0.2, 0) is 16.6 Å². The van der Waals surface area contributed by atoms with E-state index in [0.717, 1.165) is 16.4 Å². The van der Waals surface area contributed by atoms with Gasteiger partial charge in [0.25, 0.3) is 0 Å². The van der Waals surface area contributed by atoms with Crippen LogP contribution in [0.5, 0.6) is 0 Å². The molecule has 1 N–H and O–H groups in total. The SMILES string of the molecule is CCC(C)N(CC)S(=O)(=O)c1ccc(F)c(CO)c1F. The molecule has 1 aromatic rings. The molecule has 1 aromatic carbocycles. The van der Waals surface area contributed by atoms with E-state index in [1.165, 1.54) is 0 Å². The Bertz CT molecular complexity index is 575. The van der Waals surface area contributed by atoms with E-state index < -0.39 is 38.7 Å². The van der Waals surface area contributed by atoms with Gasteiger partial charge >= 0.3 is 0 Å². The molecular weight excluding hydrogens is 288 g/mol. The Morgan fingerprint density at radius 3 is 2.35 bits per heavy atom. The fourth-order valence-electron chi connectivity index (χ4n) is 1.97. The molecule has 20 heavy (non-hydrogen) atoms. The van der Waals surface area contributed by atoms with Gasteiger partial charge in [-0.2, -0.15) is 4.31 Å². The Morgan fingerprint density at radius 2 is 1.90 bits per heavy atom. The zero-order chi connectivity index (χ0) is 15.5. The lowest BCUT2D eigenvalue weighted by atomic mass is 10.2. The van der Waals surface area contributed by atoms with Crippen molar-refractivity contribution >= 4 is 10.0 Å². The van der Waals surface area contributed by atoms with E-state index in [-0.39, 0.29) is 12.6 Å². The third kappa shape index (κ3) is 2.99. The molecular formula is C13H19F2NO3S. The highest BCUT2D eigenvalue weighted by Crippen LogP contribution is 2.25. The predicted molar refractivity (Wildman–Crippen MR) is 71.6 cm³/mol. The first-order valence-electron chi connectivity index (χ1n) is 6.40. The average Bonchev–Trinajstić information content (AvgIpc) is 2.39. The molecule has 0 spiro atoms. The number of sulfonamides is 1. The second-order valence-corrected chi connectivity index (χ2v) is 6.32. The van der Waals surface area contributed by atoms with Gasteiger partial charge in [0.1, 0.15) is 10.7 Å². The van der Waals surface area contributed by atoms with E-state index in [1.54, 1.807) is 13.8 Å². The van der Waals surface area contributed by atoms with Crippen LogP contribution in [0.25, 0.3) is 0 Å². The van der Waals surface area contributed by atoms with Crippen molar-refractivity contribution in [1.82, 2.24) is 4.31 Å². The van der Waals surface area contributed by atoms with Gasteiger partial charge < -0.3 is 5.11 Å². The molecule has 0 aromatic heterocycles. The van der Waals surface area contributed by atoms with Gasteiger partial charge in [-0.25, -0.2) is 17.2 Å². The third-order valence-corrected chi connectivity index (χ3v) is 5.40. The summed E-state index contributed by atoms with van der Waals surface area (Å²) in [6.07, 6.45) is 0.572. The molecule has 4 nitrogen and oxygen atoms in total. The summed E-state index contributed by atoms with van der Waals surface area (Å²) in [6, 6.07) is 1.45. The number of halogens is 2. The van der Waals surface area contributed by atoms with Crippen molar-refractivity contribution < 1.29 is 22.3 Å². The van der Waals surface area contributed by atoms with Gasteiger partial charge in [-0.15, -0.1) is 0 Å². The monoisotopic (exact) mass is 307 g/mol. The molecule has 1 atom stereocenters. The van der Waals surface area contributed by atoms with Gasteiger partial charge in [0.2, 0.25) is 10.0 Å². The van der Waals surface area contributed by atoms with E-state index >= 15 is 0 Å². The van der Waals surface area contributed by atoms with Crippen LogP contribution >= 0.6 is 0 Å². The number of aliphatic hydroxyl groups is 1. The van der Waals surface area contributed by atoms with Crippen LogP contribution in [0.4, 0.5) is 8.78 Å².